The first kappa shape index (κ1) is 27.7. The summed E-state index contributed by atoms with van der Waals surface area (Å²) in [6.45, 7) is 2.65. The minimum absolute atomic E-state index is 0.00830. The first-order valence-corrected chi connectivity index (χ1v) is 9.89. The fourth-order valence-corrected chi connectivity index (χ4v) is 2.40. The van der Waals surface area contributed by atoms with E-state index >= 15 is 0 Å². The van der Waals surface area contributed by atoms with Gasteiger partial charge in [0.05, 0.1) is 19.8 Å². The number of carbonyl (C=O) groups is 4. The molecule has 0 heterocycles. The summed E-state index contributed by atoms with van der Waals surface area (Å²) in [7, 11) is 0. The fraction of sp³-hybridized carbons (Fsp3) is 0.778. The quantitative estimate of drug-likeness (QED) is 0.122. The Labute approximate surface area is 176 Å². The number of likely N-dealkylation sites (N-methyl/N-ethyl adjacent to an activating group) is 1. The second kappa shape index (κ2) is 15.5. The highest BCUT2D eigenvalue weighted by molar-refractivity contribution is 5.84. The summed E-state index contributed by atoms with van der Waals surface area (Å²) in [5.41, 5.74) is 3.48. The molecule has 0 unspecified atom stereocenters. The molecule has 0 aromatic carbocycles. The number of amides is 4. The maximum Gasteiger partial charge on any atom is 0.221 e. The highest BCUT2D eigenvalue weighted by atomic mass is 16.3. The molecule has 30 heavy (non-hydrogen) atoms. The molecule has 0 rings (SSSR count). The van der Waals surface area contributed by atoms with E-state index in [0.29, 0.717) is 32.7 Å². The lowest BCUT2D eigenvalue weighted by molar-refractivity contribution is -0.129. The summed E-state index contributed by atoms with van der Waals surface area (Å²) in [5.74, 6) is -1.67. The SMILES string of the molecule is CCN(CCNC(=O)CCC(N)=O)CCNC(=O)CCC(=O)NC(CO)(CO)CO. The second-order valence-electron chi connectivity index (χ2n) is 6.90. The van der Waals surface area contributed by atoms with Crippen LogP contribution in [0, 0.1) is 0 Å². The van der Waals surface area contributed by atoms with E-state index in [1.165, 1.54) is 0 Å². The number of rotatable bonds is 17. The van der Waals surface area contributed by atoms with Crippen molar-refractivity contribution in [2.75, 3.05) is 52.5 Å². The number of aliphatic hydroxyl groups is 3. The lowest BCUT2D eigenvalue weighted by atomic mass is 10.0. The average Bonchev–Trinajstić information content (AvgIpc) is 2.73. The molecule has 0 bridgehead atoms. The molecule has 0 radical (unpaired) electrons. The zero-order valence-electron chi connectivity index (χ0n) is 17.5. The minimum atomic E-state index is -1.51. The zero-order valence-corrected chi connectivity index (χ0v) is 17.5. The van der Waals surface area contributed by atoms with Gasteiger partial charge in [-0.15, -0.1) is 0 Å². The number of aliphatic hydroxyl groups excluding tert-OH is 3. The molecular weight excluding hydrogens is 398 g/mol. The van der Waals surface area contributed by atoms with E-state index in [4.69, 9.17) is 5.73 Å². The number of carbonyl (C=O) groups excluding carboxylic acids is 4. The van der Waals surface area contributed by atoms with Crippen molar-refractivity contribution in [3.05, 3.63) is 0 Å². The van der Waals surface area contributed by atoms with Crippen molar-refractivity contribution < 1.29 is 34.5 Å². The van der Waals surface area contributed by atoms with Gasteiger partial charge in [-0.1, -0.05) is 6.92 Å². The van der Waals surface area contributed by atoms with Gasteiger partial charge in [0.25, 0.3) is 0 Å². The summed E-state index contributed by atoms with van der Waals surface area (Å²) >= 11 is 0. The standard InChI is InChI=1S/C18H35N5O7/c1-2-23(9-7-20-15(28)4-3-14(19)27)10-8-21-16(29)5-6-17(30)22-18(11-24,12-25)13-26/h24-26H,2-13H2,1H3,(H2,19,27)(H,20,28)(H,21,29)(H,22,30). The average molecular weight is 434 g/mol. The number of primary amides is 1. The largest absolute Gasteiger partial charge is 0.394 e. The van der Waals surface area contributed by atoms with Gasteiger partial charge in [0.15, 0.2) is 0 Å². The minimum Gasteiger partial charge on any atom is -0.394 e. The first-order valence-electron chi connectivity index (χ1n) is 9.89. The third-order valence-electron chi connectivity index (χ3n) is 4.44. The lowest BCUT2D eigenvalue weighted by Crippen LogP contribution is -2.57. The summed E-state index contributed by atoms with van der Waals surface area (Å²) in [4.78, 5) is 47.9. The number of nitrogens with one attached hydrogen (secondary N) is 3. The lowest BCUT2D eigenvalue weighted by Gasteiger charge is -2.28. The Morgan fingerprint density at radius 1 is 0.800 bits per heavy atom. The summed E-state index contributed by atoms with van der Waals surface area (Å²) in [5, 5.41) is 35.2. The first-order chi connectivity index (χ1) is 14.2. The Hall–Kier alpha value is -2.28. The molecular formula is C18H35N5O7. The van der Waals surface area contributed by atoms with Crippen molar-refractivity contribution in [2.45, 2.75) is 38.1 Å². The van der Waals surface area contributed by atoms with Crippen LogP contribution in [-0.4, -0.2) is 102 Å². The zero-order chi connectivity index (χ0) is 23.0. The molecule has 0 spiro atoms. The van der Waals surface area contributed by atoms with Crippen LogP contribution >= 0.6 is 0 Å². The molecule has 12 heteroatoms. The van der Waals surface area contributed by atoms with E-state index < -0.39 is 37.2 Å². The van der Waals surface area contributed by atoms with Crippen LogP contribution < -0.4 is 21.7 Å². The third kappa shape index (κ3) is 12.3. The van der Waals surface area contributed by atoms with Crippen molar-refractivity contribution >= 4 is 23.6 Å². The van der Waals surface area contributed by atoms with Crippen LogP contribution in [0.5, 0.6) is 0 Å². The molecule has 4 amide bonds. The highest BCUT2D eigenvalue weighted by Crippen LogP contribution is 2.03. The van der Waals surface area contributed by atoms with Gasteiger partial charge >= 0.3 is 0 Å². The van der Waals surface area contributed by atoms with Gasteiger partial charge < -0.3 is 41.9 Å². The van der Waals surface area contributed by atoms with Crippen LogP contribution in [0.15, 0.2) is 0 Å². The number of nitrogens with two attached hydrogens (primary N) is 1. The molecule has 0 aromatic rings. The van der Waals surface area contributed by atoms with E-state index in [-0.39, 0.29) is 37.5 Å². The summed E-state index contributed by atoms with van der Waals surface area (Å²) < 4.78 is 0. The maximum absolute atomic E-state index is 11.9. The third-order valence-corrected chi connectivity index (χ3v) is 4.44. The van der Waals surface area contributed by atoms with Crippen LogP contribution in [0.2, 0.25) is 0 Å². The molecule has 0 saturated heterocycles. The maximum atomic E-state index is 11.9. The Kier molecular flexibility index (Phi) is 14.4. The highest BCUT2D eigenvalue weighted by Gasteiger charge is 2.29. The molecule has 0 aliphatic rings. The van der Waals surface area contributed by atoms with Crippen LogP contribution in [0.4, 0.5) is 0 Å². The van der Waals surface area contributed by atoms with E-state index in [1.807, 2.05) is 11.8 Å². The monoisotopic (exact) mass is 433 g/mol. The van der Waals surface area contributed by atoms with Crippen molar-refractivity contribution in [3.8, 4) is 0 Å². The van der Waals surface area contributed by atoms with Crippen LogP contribution in [-0.2, 0) is 19.2 Å². The van der Waals surface area contributed by atoms with E-state index in [1.54, 1.807) is 0 Å². The van der Waals surface area contributed by atoms with Gasteiger partial charge in [-0.05, 0) is 6.54 Å². The molecule has 12 nitrogen and oxygen atoms in total. The van der Waals surface area contributed by atoms with Gasteiger partial charge in [-0.3, -0.25) is 19.2 Å². The van der Waals surface area contributed by atoms with Gasteiger partial charge in [0.2, 0.25) is 23.6 Å². The van der Waals surface area contributed by atoms with Gasteiger partial charge in [-0.2, -0.15) is 0 Å². The van der Waals surface area contributed by atoms with Gasteiger partial charge in [0.1, 0.15) is 5.54 Å². The molecule has 0 atom stereocenters. The summed E-state index contributed by atoms with van der Waals surface area (Å²) in [6, 6.07) is 0. The molecule has 0 aromatic heterocycles. The van der Waals surface area contributed by atoms with E-state index in [0.717, 1.165) is 0 Å². The number of hydrogen-bond acceptors (Lipinski definition) is 8. The predicted molar refractivity (Wildman–Crippen MR) is 108 cm³/mol. The Morgan fingerprint density at radius 2 is 1.23 bits per heavy atom. The predicted octanol–water partition coefficient (Wildman–Crippen LogP) is -3.58. The number of nitrogens with zero attached hydrogens (tertiary/aromatic N) is 1. The Bertz CT molecular complexity index is 547. The Morgan fingerprint density at radius 3 is 1.63 bits per heavy atom. The molecule has 0 aliphatic carbocycles. The van der Waals surface area contributed by atoms with Crippen LogP contribution in [0.3, 0.4) is 0 Å². The Balaban J connectivity index is 4.05. The molecule has 8 N–H and O–H groups in total. The smallest absolute Gasteiger partial charge is 0.221 e. The van der Waals surface area contributed by atoms with E-state index in [2.05, 4.69) is 16.0 Å². The van der Waals surface area contributed by atoms with Crippen LogP contribution in [0.25, 0.3) is 0 Å². The number of hydrogen-bond donors (Lipinski definition) is 7. The molecule has 174 valence electrons. The van der Waals surface area contributed by atoms with Gasteiger partial charge in [-0.25, -0.2) is 0 Å². The topological polar surface area (TPSA) is 194 Å². The molecule has 0 aliphatic heterocycles. The second-order valence-corrected chi connectivity index (χ2v) is 6.90. The fourth-order valence-electron chi connectivity index (χ4n) is 2.40. The van der Waals surface area contributed by atoms with Gasteiger partial charge in [0, 0.05) is 51.9 Å². The van der Waals surface area contributed by atoms with E-state index in [9.17, 15) is 34.5 Å². The van der Waals surface area contributed by atoms with Crippen LogP contribution in [0.1, 0.15) is 32.6 Å². The van der Waals surface area contributed by atoms with Crippen molar-refractivity contribution in [1.82, 2.24) is 20.9 Å². The summed E-state index contributed by atoms with van der Waals surface area (Å²) in [6.07, 6.45) is -0.163. The molecule has 0 saturated carbocycles. The van der Waals surface area contributed by atoms with Crippen molar-refractivity contribution in [1.29, 1.82) is 0 Å². The van der Waals surface area contributed by atoms with Crippen molar-refractivity contribution in [3.63, 3.8) is 0 Å². The molecule has 0 fully saturated rings. The van der Waals surface area contributed by atoms with Crippen molar-refractivity contribution in [2.24, 2.45) is 5.73 Å². The normalized spacial score (nSPS) is 11.2.